The van der Waals surface area contributed by atoms with Crippen LogP contribution in [-0.2, 0) is 22.5 Å². The van der Waals surface area contributed by atoms with E-state index in [2.05, 4.69) is 10.3 Å². The standard InChI is InChI=1S/C19H19F3N2O2/c1-13(15-8-6-9-17(11-15)19(20,21)22)24-26-12-16-7-4-5-10-18(16)14(2)23-25-3/h4-11H,12H2,1-3H3/b23-14-,24-13+. The van der Waals surface area contributed by atoms with Crippen LogP contribution >= 0.6 is 0 Å². The van der Waals surface area contributed by atoms with Gasteiger partial charge in [0, 0.05) is 11.1 Å². The summed E-state index contributed by atoms with van der Waals surface area (Å²) >= 11 is 0. The van der Waals surface area contributed by atoms with E-state index in [1.165, 1.54) is 13.2 Å². The minimum absolute atomic E-state index is 0.156. The molecule has 0 heterocycles. The number of halogens is 3. The third-order valence-corrected chi connectivity index (χ3v) is 3.66. The highest BCUT2D eigenvalue weighted by Gasteiger charge is 2.30. The molecule has 138 valence electrons. The lowest BCUT2D eigenvalue weighted by Gasteiger charge is -2.10. The Bertz CT molecular complexity index is 814. The molecule has 0 atom stereocenters. The quantitative estimate of drug-likeness (QED) is 0.534. The first kappa shape index (κ1) is 19.5. The van der Waals surface area contributed by atoms with E-state index in [-0.39, 0.29) is 6.61 Å². The molecule has 4 nitrogen and oxygen atoms in total. The van der Waals surface area contributed by atoms with Gasteiger partial charge >= 0.3 is 6.18 Å². The summed E-state index contributed by atoms with van der Waals surface area (Å²) in [7, 11) is 1.46. The van der Waals surface area contributed by atoms with Gasteiger partial charge in [-0.2, -0.15) is 13.2 Å². The first-order valence-electron chi connectivity index (χ1n) is 7.83. The van der Waals surface area contributed by atoms with Crippen molar-refractivity contribution in [3.8, 4) is 0 Å². The first-order valence-corrected chi connectivity index (χ1v) is 7.83. The predicted molar refractivity (Wildman–Crippen MR) is 94.1 cm³/mol. The van der Waals surface area contributed by atoms with Gasteiger partial charge in [-0.3, -0.25) is 0 Å². The Hall–Kier alpha value is -2.83. The van der Waals surface area contributed by atoms with Crippen molar-refractivity contribution in [3.05, 3.63) is 70.8 Å². The lowest BCUT2D eigenvalue weighted by Crippen LogP contribution is -2.07. The summed E-state index contributed by atoms with van der Waals surface area (Å²) in [5.41, 5.74) is 2.36. The van der Waals surface area contributed by atoms with Crippen LogP contribution in [0.3, 0.4) is 0 Å². The summed E-state index contributed by atoms with van der Waals surface area (Å²) < 4.78 is 38.4. The van der Waals surface area contributed by atoms with Crippen LogP contribution in [-0.4, -0.2) is 18.5 Å². The summed E-state index contributed by atoms with van der Waals surface area (Å²) in [6, 6.07) is 12.4. The molecule has 0 fully saturated rings. The molecule has 26 heavy (non-hydrogen) atoms. The highest BCUT2D eigenvalue weighted by atomic mass is 19.4. The van der Waals surface area contributed by atoms with Crippen molar-refractivity contribution in [3.63, 3.8) is 0 Å². The number of benzene rings is 2. The van der Waals surface area contributed by atoms with Crippen molar-refractivity contribution in [1.29, 1.82) is 0 Å². The van der Waals surface area contributed by atoms with Crippen LogP contribution < -0.4 is 0 Å². The lowest BCUT2D eigenvalue weighted by molar-refractivity contribution is -0.137. The van der Waals surface area contributed by atoms with Gasteiger partial charge in [0.2, 0.25) is 0 Å². The Balaban J connectivity index is 2.13. The zero-order valence-corrected chi connectivity index (χ0v) is 14.7. The SMILES string of the molecule is CO/N=C(/C)c1ccccc1CO/N=C(\C)c1cccc(C(F)(F)F)c1. The number of nitrogens with zero attached hydrogens (tertiary/aromatic N) is 2. The molecule has 0 radical (unpaired) electrons. The molecule has 0 unspecified atom stereocenters. The Labute approximate surface area is 149 Å². The molecule has 0 amide bonds. The van der Waals surface area contributed by atoms with Gasteiger partial charge in [0.1, 0.15) is 13.7 Å². The second-order valence-electron chi connectivity index (χ2n) is 5.55. The van der Waals surface area contributed by atoms with Crippen LogP contribution in [0.4, 0.5) is 13.2 Å². The summed E-state index contributed by atoms with van der Waals surface area (Å²) in [6.07, 6.45) is -4.39. The van der Waals surface area contributed by atoms with Gasteiger partial charge in [0.05, 0.1) is 17.0 Å². The highest BCUT2D eigenvalue weighted by Crippen LogP contribution is 2.29. The van der Waals surface area contributed by atoms with E-state index >= 15 is 0 Å². The highest BCUT2D eigenvalue weighted by molar-refractivity contribution is 5.99. The van der Waals surface area contributed by atoms with Crippen LogP contribution in [0.5, 0.6) is 0 Å². The van der Waals surface area contributed by atoms with Gasteiger partial charge < -0.3 is 9.68 Å². The van der Waals surface area contributed by atoms with E-state index in [4.69, 9.17) is 9.68 Å². The van der Waals surface area contributed by atoms with Gasteiger partial charge in [-0.15, -0.1) is 0 Å². The molecular formula is C19H19F3N2O2. The van der Waals surface area contributed by atoms with E-state index in [0.29, 0.717) is 17.0 Å². The molecular weight excluding hydrogens is 345 g/mol. The number of hydrogen-bond acceptors (Lipinski definition) is 4. The third-order valence-electron chi connectivity index (χ3n) is 3.66. The maximum atomic E-state index is 12.8. The van der Waals surface area contributed by atoms with Gasteiger partial charge in [0.25, 0.3) is 0 Å². The molecule has 0 bridgehead atoms. The molecule has 0 spiro atoms. The number of oxime groups is 2. The third kappa shape index (κ3) is 5.08. The minimum Gasteiger partial charge on any atom is -0.399 e. The summed E-state index contributed by atoms with van der Waals surface area (Å²) in [4.78, 5) is 10.1. The topological polar surface area (TPSA) is 43.2 Å². The van der Waals surface area contributed by atoms with Crippen molar-refractivity contribution in [1.82, 2.24) is 0 Å². The van der Waals surface area contributed by atoms with E-state index in [9.17, 15) is 13.2 Å². The fraction of sp³-hybridized carbons (Fsp3) is 0.263. The average molecular weight is 364 g/mol. The van der Waals surface area contributed by atoms with Gasteiger partial charge in [0.15, 0.2) is 0 Å². The fourth-order valence-electron chi connectivity index (χ4n) is 2.36. The van der Waals surface area contributed by atoms with E-state index < -0.39 is 11.7 Å². The fourth-order valence-corrected chi connectivity index (χ4v) is 2.36. The Kier molecular flexibility index (Phi) is 6.38. The molecule has 2 rings (SSSR count). The number of hydrogen-bond donors (Lipinski definition) is 0. The first-order chi connectivity index (χ1) is 12.3. The Morgan fingerprint density at radius 3 is 2.38 bits per heavy atom. The number of alkyl halides is 3. The Morgan fingerprint density at radius 2 is 1.69 bits per heavy atom. The van der Waals surface area contributed by atoms with Crippen LogP contribution in [0.1, 0.15) is 36.1 Å². The van der Waals surface area contributed by atoms with Crippen LogP contribution in [0.25, 0.3) is 0 Å². The summed E-state index contributed by atoms with van der Waals surface area (Å²) in [5, 5.41) is 7.84. The molecule has 0 saturated heterocycles. The van der Waals surface area contributed by atoms with Crippen LogP contribution in [0, 0.1) is 0 Å². The normalized spacial score (nSPS) is 12.8. The zero-order chi connectivity index (χ0) is 19.2. The van der Waals surface area contributed by atoms with Crippen molar-refractivity contribution >= 4 is 11.4 Å². The zero-order valence-electron chi connectivity index (χ0n) is 14.7. The van der Waals surface area contributed by atoms with Gasteiger partial charge in [-0.05, 0) is 31.5 Å². The minimum atomic E-state index is -4.39. The largest absolute Gasteiger partial charge is 0.416 e. The van der Waals surface area contributed by atoms with E-state index in [1.807, 2.05) is 24.3 Å². The number of rotatable bonds is 6. The van der Waals surface area contributed by atoms with Gasteiger partial charge in [-0.1, -0.05) is 46.7 Å². The molecule has 7 heteroatoms. The van der Waals surface area contributed by atoms with Crippen molar-refractivity contribution in [2.75, 3.05) is 7.11 Å². The van der Waals surface area contributed by atoms with Crippen LogP contribution in [0.2, 0.25) is 0 Å². The molecule has 2 aromatic rings. The van der Waals surface area contributed by atoms with E-state index in [1.54, 1.807) is 19.9 Å². The maximum absolute atomic E-state index is 12.8. The maximum Gasteiger partial charge on any atom is 0.416 e. The monoisotopic (exact) mass is 364 g/mol. The van der Waals surface area contributed by atoms with Gasteiger partial charge in [-0.25, -0.2) is 0 Å². The molecule has 0 N–H and O–H groups in total. The molecule has 0 aliphatic rings. The second kappa shape index (κ2) is 8.51. The van der Waals surface area contributed by atoms with Crippen molar-refractivity contribution < 1.29 is 22.8 Å². The second-order valence-corrected chi connectivity index (χ2v) is 5.55. The lowest BCUT2D eigenvalue weighted by atomic mass is 10.0. The smallest absolute Gasteiger partial charge is 0.399 e. The van der Waals surface area contributed by atoms with Crippen molar-refractivity contribution in [2.24, 2.45) is 10.3 Å². The average Bonchev–Trinajstić information content (AvgIpc) is 2.61. The molecule has 0 saturated carbocycles. The Morgan fingerprint density at radius 1 is 0.962 bits per heavy atom. The molecule has 0 aromatic heterocycles. The summed E-state index contributed by atoms with van der Waals surface area (Å²) in [5.74, 6) is 0. The molecule has 0 aliphatic heterocycles. The van der Waals surface area contributed by atoms with E-state index in [0.717, 1.165) is 23.3 Å². The van der Waals surface area contributed by atoms with Crippen molar-refractivity contribution in [2.45, 2.75) is 26.6 Å². The van der Waals surface area contributed by atoms with Crippen LogP contribution in [0.15, 0.2) is 58.8 Å². The predicted octanol–water partition coefficient (Wildman–Crippen LogP) is 5.02. The molecule has 0 aliphatic carbocycles. The summed E-state index contributed by atoms with van der Waals surface area (Å²) in [6.45, 7) is 3.56. The molecule has 2 aromatic carbocycles.